The van der Waals surface area contributed by atoms with Gasteiger partial charge in [0.1, 0.15) is 6.10 Å². The first-order valence-electron chi connectivity index (χ1n) is 9.00. The fraction of sp³-hybridized carbons (Fsp3) is 0.333. The lowest BCUT2D eigenvalue weighted by Crippen LogP contribution is -2.25. The van der Waals surface area contributed by atoms with Crippen LogP contribution in [0.3, 0.4) is 0 Å². The van der Waals surface area contributed by atoms with Crippen LogP contribution in [0.2, 0.25) is 0 Å². The zero-order valence-electron chi connectivity index (χ0n) is 16.7. The number of sulfonamides is 1. The molecule has 0 spiro atoms. The summed E-state index contributed by atoms with van der Waals surface area (Å²) >= 11 is 2.92. The molecule has 2 aromatic heterocycles. The van der Waals surface area contributed by atoms with E-state index in [1.165, 1.54) is 22.7 Å². The monoisotopic (exact) mass is 435 g/mol. The number of rotatable bonds is 6. The minimum absolute atomic E-state index is 0.203. The Bertz CT molecular complexity index is 1070. The Hall–Kier alpha value is -1.51. The second-order valence-corrected chi connectivity index (χ2v) is 10.9. The summed E-state index contributed by atoms with van der Waals surface area (Å²) in [5.41, 5.74) is 4.77. The minimum Gasteiger partial charge on any atom is -0.382 e. The average molecular weight is 436 g/mol. The molecule has 0 aliphatic carbocycles. The van der Waals surface area contributed by atoms with Crippen LogP contribution in [0.25, 0.3) is 0 Å². The van der Waals surface area contributed by atoms with E-state index >= 15 is 0 Å². The Balaban J connectivity index is 1.82. The maximum absolute atomic E-state index is 13.0. The van der Waals surface area contributed by atoms with Crippen LogP contribution in [-0.4, -0.2) is 13.5 Å². The fourth-order valence-corrected chi connectivity index (χ4v) is 6.78. The van der Waals surface area contributed by atoms with Gasteiger partial charge >= 0.3 is 0 Å². The number of aliphatic hydroxyl groups is 1. The molecule has 0 amide bonds. The number of hydrogen-bond acceptors (Lipinski definition) is 5. The second kappa shape index (κ2) is 8.08. The first-order chi connectivity index (χ1) is 13.1. The highest BCUT2D eigenvalue weighted by Gasteiger charge is 2.24. The Labute approximate surface area is 174 Å². The van der Waals surface area contributed by atoms with E-state index in [1.54, 1.807) is 0 Å². The smallest absolute Gasteiger partial charge is 0.241 e. The van der Waals surface area contributed by atoms with Crippen molar-refractivity contribution in [1.29, 1.82) is 0 Å². The molecule has 3 aromatic rings. The number of thiophene rings is 2. The van der Waals surface area contributed by atoms with E-state index in [0.29, 0.717) is 4.90 Å². The van der Waals surface area contributed by atoms with Gasteiger partial charge in [-0.3, -0.25) is 0 Å². The van der Waals surface area contributed by atoms with Crippen LogP contribution in [0.1, 0.15) is 48.6 Å². The Morgan fingerprint density at radius 3 is 2.11 bits per heavy atom. The van der Waals surface area contributed by atoms with Crippen molar-refractivity contribution in [3.8, 4) is 0 Å². The molecule has 2 heterocycles. The van der Waals surface area contributed by atoms with Gasteiger partial charge in [-0.1, -0.05) is 6.07 Å². The lowest BCUT2D eigenvalue weighted by molar-refractivity contribution is 0.228. The Morgan fingerprint density at radius 1 is 0.929 bits per heavy atom. The lowest BCUT2D eigenvalue weighted by Gasteiger charge is -2.19. The van der Waals surface area contributed by atoms with Crippen molar-refractivity contribution >= 4 is 32.7 Å². The summed E-state index contributed by atoms with van der Waals surface area (Å²) in [6, 6.07) is 7.52. The quantitative estimate of drug-likeness (QED) is 0.578. The third kappa shape index (κ3) is 3.95. The molecular weight excluding hydrogens is 410 g/mol. The van der Waals surface area contributed by atoms with E-state index in [-0.39, 0.29) is 6.54 Å². The molecule has 1 unspecified atom stereocenters. The molecule has 3 rings (SSSR count). The van der Waals surface area contributed by atoms with Crippen LogP contribution in [0.5, 0.6) is 0 Å². The zero-order valence-corrected chi connectivity index (χ0v) is 19.1. The van der Waals surface area contributed by atoms with E-state index in [9.17, 15) is 13.5 Å². The summed E-state index contributed by atoms with van der Waals surface area (Å²) in [4.78, 5) is 2.94. The van der Waals surface area contributed by atoms with E-state index in [4.69, 9.17) is 0 Å². The van der Waals surface area contributed by atoms with Gasteiger partial charge in [0.25, 0.3) is 0 Å². The van der Waals surface area contributed by atoms with Crippen LogP contribution in [0.15, 0.2) is 34.5 Å². The highest BCUT2D eigenvalue weighted by atomic mass is 32.2. The molecule has 0 radical (unpaired) electrons. The minimum atomic E-state index is -3.64. The van der Waals surface area contributed by atoms with Gasteiger partial charge in [0.2, 0.25) is 10.0 Å². The van der Waals surface area contributed by atoms with Crippen molar-refractivity contribution in [3.63, 3.8) is 0 Å². The topological polar surface area (TPSA) is 66.4 Å². The third-order valence-corrected chi connectivity index (χ3v) is 9.14. The van der Waals surface area contributed by atoms with E-state index in [2.05, 4.69) is 4.72 Å². The molecule has 0 saturated carbocycles. The van der Waals surface area contributed by atoms with Crippen LogP contribution in [0.4, 0.5) is 0 Å². The van der Waals surface area contributed by atoms with E-state index in [1.807, 2.05) is 64.3 Å². The molecule has 0 bridgehead atoms. The van der Waals surface area contributed by atoms with Crippen molar-refractivity contribution in [2.75, 3.05) is 0 Å². The summed E-state index contributed by atoms with van der Waals surface area (Å²) < 4.78 is 28.8. The fourth-order valence-electron chi connectivity index (χ4n) is 3.33. The van der Waals surface area contributed by atoms with Gasteiger partial charge in [0, 0.05) is 21.2 Å². The first kappa shape index (κ1) is 21.2. The summed E-state index contributed by atoms with van der Waals surface area (Å²) in [7, 11) is -3.64. The van der Waals surface area contributed by atoms with Crippen LogP contribution in [0, 0.1) is 34.6 Å². The number of aliphatic hydroxyl groups excluding tert-OH is 1. The number of nitrogens with one attached hydrogen (secondary N) is 1. The van der Waals surface area contributed by atoms with Crippen molar-refractivity contribution < 1.29 is 13.5 Å². The van der Waals surface area contributed by atoms with Crippen LogP contribution >= 0.6 is 22.7 Å². The van der Waals surface area contributed by atoms with Crippen LogP contribution < -0.4 is 4.72 Å². The van der Waals surface area contributed by atoms with Crippen LogP contribution in [-0.2, 0) is 16.6 Å². The van der Waals surface area contributed by atoms with Crippen molar-refractivity contribution in [1.82, 2.24) is 4.72 Å². The molecule has 150 valence electrons. The molecule has 0 saturated heterocycles. The van der Waals surface area contributed by atoms with Gasteiger partial charge in [0.15, 0.2) is 0 Å². The van der Waals surface area contributed by atoms with Crippen molar-refractivity contribution in [3.05, 3.63) is 72.1 Å². The van der Waals surface area contributed by atoms with Gasteiger partial charge in [-0.2, -0.15) is 0 Å². The SMILES string of the molecule is Cc1c(C)c(C)c(S(=O)(=O)NCc2ccc(C(O)c3cccs3)s2)c(C)c1C. The van der Waals surface area contributed by atoms with Crippen molar-refractivity contribution in [2.45, 2.75) is 52.2 Å². The van der Waals surface area contributed by atoms with E-state index < -0.39 is 16.1 Å². The molecule has 0 fully saturated rings. The third-order valence-electron chi connectivity index (χ3n) is 5.40. The predicted molar refractivity (Wildman–Crippen MR) is 117 cm³/mol. The van der Waals surface area contributed by atoms with E-state index in [0.717, 1.165) is 42.4 Å². The lowest BCUT2D eigenvalue weighted by atomic mass is 9.95. The molecule has 0 aliphatic rings. The van der Waals surface area contributed by atoms with Crippen molar-refractivity contribution in [2.24, 2.45) is 0 Å². The summed E-state index contributed by atoms with van der Waals surface area (Å²) in [5, 5.41) is 12.4. The predicted octanol–water partition coefficient (Wildman–Crippen LogP) is 4.91. The normalized spacial score (nSPS) is 13.1. The van der Waals surface area contributed by atoms with Gasteiger partial charge in [0.05, 0.1) is 4.90 Å². The largest absolute Gasteiger partial charge is 0.382 e. The number of hydrogen-bond donors (Lipinski definition) is 2. The average Bonchev–Trinajstić information content (AvgIpc) is 3.34. The number of benzene rings is 1. The molecular formula is C21H25NO3S3. The summed E-state index contributed by atoms with van der Waals surface area (Å²) in [6.07, 6.45) is -0.665. The summed E-state index contributed by atoms with van der Waals surface area (Å²) in [6.45, 7) is 9.89. The standard InChI is InChI=1S/C21H25NO3S3/c1-12-13(2)15(4)21(16(5)14(12)3)28(24,25)22-11-17-8-9-19(27-17)20(23)18-7-6-10-26-18/h6-10,20,22-23H,11H2,1-5H3. The molecule has 28 heavy (non-hydrogen) atoms. The summed E-state index contributed by atoms with van der Waals surface area (Å²) in [5.74, 6) is 0. The second-order valence-electron chi connectivity index (χ2n) is 7.00. The first-order valence-corrected chi connectivity index (χ1v) is 12.2. The highest BCUT2D eigenvalue weighted by Crippen LogP contribution is 2.32. The Kier molecular flexibility index (Phi) is 6.12. The molecule has 1 aromatic carbocycles. The molecule has 1 atom stereocenters. The van der Waals surface area contributed by atoms with Gasteiger partial charge in [-0.25, -0.2) is 13.1 Å². The Morgan fingerprint density at radius 2 is 1.54 bits per heavy atom. The van der Waals surface area contributed by atoms with Gasteiger partial charge < -0.3 is 5.11 Å². The molecule has 4 nitrogen and oxygen atoms in total. The highest BCUT2D eigenvalue weighted by molar-refractivity contribution is 7.89. The maximum Gasteiger partial charge on any atom is 0.241 e. The maximum atomic E-state index is 13.0. The molecule has 2 N–H and O–H groups in total. The van der Waals surface area contributed by atoms with Gasteiger partial charge in [-0.05, 0) is 86.0 Å². The molecule has 0 aliphatic heterocycles. The zero-order chi connectivity index (χ0) is 20.6. The molecule has 7 heteroatoms. The van der Waals surface area contributed by atoms with Gasteiger partial charge in [-0.15, -0.1) is 22.7 Å².